The standard InChI is InChI=1S/C13H17NO/c1-8-13(14)11-6-9-4-2-3-5-10(9)7-12(11)15-8/h6-8,13H,2-5,14H2,1H3. The van der Waals surface area contributed by atoms with Crippen molar-refractivity contribution >= 4 is 0 Å². The fraction of sp³-hybridized carbons (Fsp3) is 0.538. The molecular formula is C13H17NO. The summed E-state index contributed by atoms with van der Waals surface area (Å²) in [6, 6.07) is 4.55. The maximum Gasteiger partial charge on any atom is 0.125 e. The molecule has 1 heterocycles. The van der Waals surface area contributed by atoms with E-state index in [0.717, 1.165) is 5.75 Å². The summed E-state index contributed by atoms with van der Waals surface area (Å²) in [7, 11) is 0. The first-order valence-corrected chi connectivity index (χ1v) is 5.83. The van der Waals surface area contributed by atoms with Crippen molar-refractivity contribution in [3.05, 3.63) is 28.8 Å². The first-order chi connectivity index (χ1) is 7.25. The van der Waals surface area contributed by atoms with E-state index >= 15 is 0 Å². The zero-order valence-electron chi connectivity index (χ0n) is 9.12. The molecule has 2 unspecified atom stereocenters. The number of aryl methyl sites for hydroxylation is 2. The summed E-state index contributed by atoms with van der Waals surface area (Å²) in [5, 5.41) is 0. The van der Waals surface area contributed by atoms with Crippen molar-refractivity contribution in [2.75, 3.05) is 0 Å². The zero-order chi connectivity index (χ0) is 10.4. The summed E-state index contributed by atoms with van der Waals surface area (Å²) in [5.41, 5.74) is 10.3. The second-order valence-corrected chi connectivity index (χ2v) is 4.71. The van der Waals surface area contributed by atoms with E-state index in [1.165, 1.54) is 42.4 Å². The number of rotatable bonds is 0. The summed E-state index contributed by atoms with van der Waals surface area (Å²) < 4.78 is 5.76. The largest absolute Gasteiger partial charge is 0.488 e. The predicted octanol–water partition coefficient (Wildman–Crippen LogP) is 2.35. The molecule has 0 amide bonds. The van der Waals surface area contributed by atoms with Crippen LogP contribution < -0.4 is 10.5 Å². The smallest absolute Gasteiger partial charge is 0.125 e. The molecule has 0 fully saturated rings. The Morgan fingerprint density at radius 3 is 2.60 bits per heavy atom. The summed E-state index contributed by atoms with van der Waals surface area (Å²) in [5.74, 6) is 1.02. The predicted molar refractivity (Wildman–Crippen MR) is 60.1 cm³/mol. The van der Waals surface area contributed by atoms with Crippen molar-refractivity contribution < 1.29 is 4.74 Å². The second-order valence-electron chi connectivity index (χ2n) is 4.71. The van der Waals surface area contributed by atoms with Gasteiger partial charge in [0.05, 0.1) is 6.04 Å². The van der Waals surface area contributed by atoms with Crippen LogP contribution in [0.2, 0.25) is 0 Å². The van der Waals surface area contributed by atoms with Crippen LogP contribution in [0.25, 0.3) is 0 Å². The van der Waals surface area contributed by atoms with E-state index in [4.69, 9.17) is 10.5 Å². The van der Waals surface area contributed by atoms with Gasteiger partial charge >= 0.3 is 0 Å². The van der Waals surface area contributed by atoms with E-state index in [0.29, 0.717) is 0 Å². The van der Waals surface area contributed by atoms with Gasteiger partial charge in [-0.2, -0.15) is 0 Å². The Morgan fingerprint density at radius 1 is 1.20 bits per heavy atom. The topological polar surface area (TPSA) is 35.2 Å². The van der Waals surface area contributed by atoms with E-state index in [1.807, 2.05) is 6.92 Å². The molecule has 2 N–H and O–H groups in total. The molecule has 0 spiro atoms. The Balaban J connectivity index is 2.09. The molecule has 1 aromatic carbocycles. The minimum Gasteiger partial charge on any atom is -0.488 e. The third-order valence-corrected chi connectivity index (χ3v) is 3.65. The van der Waals surface area contributed by atoms with Gasteiger partial charge in [0.1, 0.15) is 11.9 Å². The average molecular weight is 203 g/mol. The quantitative estimate of drug-likeness (QED) is 0.702. The van der Waals surface area contributed by atoms with E-state index in [-0.39, 0.29) is 12.1 Å². The minimum absolute atomic E-state index is 0.0622. The van der Waals surface area contributed by atoms with Gasteiger partial charge in [-0.3, -0.25) is 0 Å². The van der Waals surface area contributed by atoms with Crippen LogP contribution in [-0.4, -0.2) is 6.10 Å². The number of ether oxygens (including phenoxy) is 1. The van der Waals surface area contributed by atoms with Crippen LogP contribution in [0.1, 0.15) is 42.5 Å². The van der Waals surface area contributed by atoms with Crippen molar-refractivity contribution in [1.82, 2.24) is 0 Å². The number of hydrogen-bond donors (Lipinski definition) is 1. The second kappa shape index (κ2) is 3.24. The maximum absolute atomic E-state index is 6.10. The SMILES string of the molecule is CC1Oc2cc3c(cc2C1N)CCCC3. The first kappa shape index (κ1) is 9.22. The maximum atomic E-state index is 6.10. The minimum atomic E-state index is 0.0622. The fourth-order valence-electron chi connectivity index (χ4n) is 2.67. The molecule has 15 heavy (non-hydrogen) atoms. The molecule has 0 aromatic heterocycles. The number of nitrogens with two attached hydrogens (primary N) is 1. The van der Waals surface area contributed by atoms with Gasteiger partial charge in [0.25, 0.3) is 0 Å². The average Bonchev–Trinajstić information content (AvgIpc) is 2.52. The van der Waals surface area contributed by atoms with Crippen LogP contribution in [0, 0.1) is 0 Å². The molecule has 0 saturated heterocycles. The highest BCUT2D eigenvalue weighted by atomic mass is 16.5. The fourth-order valence-corrected chi connectivity index (χ4v) is 2.67. The van der Waals surface area contributed by atoms with Crippen LogP contribution in [0.15, 0.2) is 12.1 Å². The Kier molecular flexibility index (Phi) is 1.99. The van der Waals surface area contributed by atoms with Gasteiger partial charge in [-0.05, 0) is 49.8 Å². The molecule has 0 saturated carbocycles. The first-order valence-electron chi connectivity index (χ1n) is 5.83. The Labute approximate surface area is 90.4 Å². The van der Waals surface area contributed by atoms with Gasteiger partial charge in [-0.1, -0.05) is 6.07 Å². The van der Waals surface area contributed by atoms with Gasteiger partial charge in [-0.15, -0.1) is 0 Å². The van der Waals surface area contributed by atoms with Crippen LogP contribution in [-0.2, 0) is 12.8 Å². The third kappa shape index (κ3) is 1.36. The van der Waals surface area contributed by atoms with Crippen molar-refractivity contribution in [3.8, 4) is 5.75 Å². The molecule has 2 heteroatoms. The summed E-state index contributed by atoms with van der Waals surface area (Å²) in [4.78, 5) is 0. The zero-order valence-corrected chi connectivity index (χ0v) is 9.12. The molecule has 3 rings (SSSR count). The summed E-state index contributed by atoms with van der Waals surface area (Å²) in [6.07, 6.45) is 5.17. The van der Waals surface area contributed by atoms with Gasteiger partial charge in [0.2, 0.25) is 0 Å². The molecular weight excluding hydrogens is 186 g/mol. The third-order valence-electron chi connectivity index (χ3n) is 3.65. The van der Waals surface area contributed by atoms with Gasteiger partial charge in [0, 0.05) is 5.56 Å². The van der Waals surface area contributed by atoms with Crippen molar-refractivity contribution in [2.45, 2.75) is 44.8 Å². The molecule has 2 aliphatic rings. The van der Waals surface area contributed by atoms with Crippen molar-refractivity contribution in [2.24, 2.45) is 5.73 Å². The van der Waals surface area contributed by atoms with E-state index in [1.54, 1.807) is 0 Å². The normalized spacial score (nSPS) is 28.1. The van der Waals surface area contributed by atoms with Crippen LogP contribution in [0.3, 0.4) is 0 Å². The highest BCUT2D eigenvalue weighted by Gasteiger charge is 2.29. The number of hydrogen-bond acceptors (Lipinski definition) is 2. The molecule has 1 aromatic rings. The molecule has 1 aliphatic heterocycles. The number of benzene rings is 1. The lowest BCUT2D eigenvalue weighted by molar-refractivity contribution is 0.228. The van der Waals surface area contributed by atoms with Gasteiger partial charge in [-0.25, -0.2) is 0 Å². The van der Waals surface area contributed by atoms with Gasteiger partial charge in [0.15, 0.2) is 0 Å². The molecule has 2 atom stereocenters. The Bertz CT molecular complexity index is 400. The Morgan fingerprint density at radius 2 is 1.87 bits per heavy atom. The number of fused-ring (bicyclic) bond motifs is 2. The molecule has 2 nitrogen and oxygen atoms in total. The highest BCUT2D eigenvalue weighted by molar-refractivity contribution is 5.48. The summed E-state index contributed by atoms with van der Waals surface area (Å²) in [6.45, 7) is 2.05. The lowest BCUT2D eigenvalue weighted by Gasteiger charge is -2.17. The van der Waals surface area contributed by atoms with Crippen LogP contribution in [0.4, 0.5) is 0 Å². The van der Waals surface area contributed by atoms with Crippen LogP contribution >= 0.6 is 0 Å². The molecule has 80 valence electrons. The summed E-state index contributed by atoms with van der Waals surface area (Å²) >= 11 is 0. The Hall–Kier alpha value is -1.02. The van der Waals surface area contributed by atoms with E-state index in [2.05, 4.69) is 12.1 Å². The molecule has 0 bridgehead atoms. The molecule has 0 radical (unpaired) electrons. The van der Waals surface area contributed by atoms with E-state index in [9.17, 15) is 0 Å². The highest BCUT2D eigenvalue weighted by Crippen LogP contribution is 2.38. The van der Waals surface area contributed by atoms with E-state index < -0.39 is 0 Å². The van der Waals surface area contributed by atoms with Crippen molar-refractivity contribution in [1.29, 1.82) is 0 Å². The lowest BCUT2D eigenvalue weighted by atomic mass is 9.89. The lowest BCUT2D eigenvalue weighted by Crippen LogP contribution is -2.21. The van der Waals surface area contributed by atoms with Crippen molar-refractivity contribution in [3.63, 3.8) is 0 Å². The monoisotopic (exact) mass is 203 g/mol. The van der Waals surface area contributed by atoms with Crippen LogP contribution in [0.5, 0.6) is 5.75 Å². The molecule has 1 aliphatic carbocycles. The van der Waals surface area contributed by atoms with Gasteiger partial charge < -0.3 is 10.5 Å².